The first-order chi connectivity index (χ1) is 14.5. The van der Waals surface area contributed by atoms with Crippen LogP contribution in [0.3, 0.4) is 0 Å². The maximum atomic E-state index is 13.6. The first-order valence-corrected chi connectivity index (χ1v) is 11.3. The van der Waals surface area contributed by atoms with Gasteiger partial charge in [0.1, 0.15) is 0 Å². The molecule has 1 aliphatic rings. The van der Waals surface area contributed by atoms with Gasteiger partial charge in [-0.15, -0.1) is 0 Å². The molecule has 1 aliphatic heterocycles. The van der Waals surface area contributed by atoms with Gasteiger partial charge in [-0.05, 0) is 54.8 Å². The Balaban J connectivity index is 1.77. The number of anilines is 1. The monoisotopic (exact) mass is 417 g/mol. The Labute approximate surface area is 177 Å². The molecule has 3 aromatic rings. The van der Waals surface area contributed by atoms with E-state index in [2.05, 4.69) is 11.4 Å². The molecule has 0 saturated heterocycles. The Kier molecular flexibility index (Phi) is 5.58. The summed E-state index contributed by atoms with van der Waals surface area (Å²) in [5, 5.41) is 12.7. The van der Waals surface area contributed by atoms with E-state index in [-0.39, 0.29) is 17.5 Å². The molecule has 0 aliphatic carbocycles. The molecule has 1 atom stereocenters. The van der Waals surface area contributed by atoms with Crippen LogP contribution in [0, 0.1) is 18.3 Å². The van der Waals surface area contributed by atoms with Crippen molar-refractivity contribution in [3.63, 3.8) is 0 Å². The smallest absolute Gasteiger partial charge is 0.243 e. The van der Waals surface area contributed by atoms with Gasteiger partial charge in [-0.3, -0.25) is 0 Å². The lowest BCUT2D eigenvalue weighted by atomic mass is 10.1. The molecule has 1 N–H and O–H groups in total. The van der Waals surface area contributed by atoms with Gasteiger partial charge in [-0.1, -0.05) is 48.0 Å². The lowest BCUT2D eigenvalue weighted by Crippen LogP contribution is -2.43. The van der Waals surface area contributed by atoms with Gasteiger partial charge in [0.15, 0.2) is 0 Å². The fraction of sp³-hybridized carbons (Fsp3) is 0.208. The number of nitrogens with zero attached hydrogens (tertiary/aromatic N) is 2. The van der Waals surface area contributed by atoms with Crippen molar-refractivity contribution in [1.29, 1.82) is 5.26 Å². The van der Waals surface area contributed by atoms with Crippen molar-refractivity contribution >= 4 is 15.7 Å². The number of rotatable bonds is 4. The summed E-state index contributed by atoms with van der Waals surface area (Å²) in [6.07, 6.45) is 0.595. The van der Waals surface area contributed by atoms with Crippen molar-refractivity contribution in [3.8, 4) is 6.07 Å². The van der Waals surface area contributed by atoms with Crippen LogP contribution in [0.2, 0.25) is 0 Å². The minimum absolute atomic E-state index is 0.214. The van der Waals surface area contributed by atoms with Crippen molar-refractivity contribution in [2.24, 2.45) is 0 Å². The Morgan fingerprint density at radius 1 is 1.07 bits per heavy atom. The highest BCUT2D eigenvalue weighted by Crippen LogP contribution is 2.30. The first-order valence-electron chi connectivity index (χ1n) is 9.87. The summed E-state index contributed by atoms with van der Waals surface area (Å²) < 4.78 is 28.9. The van der Waals surface area contributed by atoms with E-state index in [1.807, 2.05) is 55.5 Å². The molecular formula is C24H23N3O2S. The summed E-state index contributed by atoms with van der Waals surface area (Å²) in [5.41, 5.74) is 4.28. The average molecular weight is 418 g/mol. The Bertz CT molecular complexity index is 1180. The summed E-state index contributed by atoms with van der Waals surface area (Å²) in [4.78, 5) is 0.283. The topological polar surface area (TPSA) is 73.2 Å². The van der Waals surface area contributed by atoms with E-state index in [9.17, 15) is 13.7 Å². The number of nitrogens with one attached hydrogen (secondary N) is 1. The fourth-order valence-electron chi connectivity index (χ4n) is 3.78. The van der Waals surface area contributed by atoms with E-state index in [1.54, 1.807) is 28.6 Å². The van der Waals surface area contributed by atoms with Crippen LogP contribution in [0.1, 0.15) is 22.3 Å². The number of hydrogen-bond donors (Lipinski definition) is 1. The third-order valence-electron chi connectivity index (χ3n) is 5.44. The second kappa shape index (κ2) is 8.31. The second-order valence-electron chi connectivity index (χ2n) is 7.57. The summed E-state index contributed by atoms with van der Waals surface area (Å²) in [6.45, 7) is 2.63. The lowest BCUT2D eigenvalue weighted by Gasteiger charge is -2.29. The number of aryl methyl sites for hydroxylation is 1. The molecule has 0 amide bonds. The van der Waals surface area contributed by atoms with E-state index in [4.69, 9.17) is 0 Å². The Morgan fingerprint density at radius 3 is 2.50 bits per heavy atom. The molecule has 6 heteroatoms. The van der Waals surface area contributed by atoms with Crippen LogP contribution in [0.25, 0.3) is 0 Å². The van der Waals surface area contributed by atoms with Crippen LogP contribution in [0.4, 0.5) is 5.69 Å². The highest BCUT2D eigenvalue weighted by molar-refractivity contribution is 7.89. The molecule has 30 heavy (non-hydrogen) atoms. The maximum Gasteiger partial charge on any atom is 0.243 e. The predicted molar refractivity (Wildman–Crippen MR) is 117 cm³/mol. The van der Waals surface area contributed by atoms with Gasteiger partial charge in [0.05, 0.1) is 16.5 Å². The fourth-order valence-corrected chi connectivity index (χ4v) is 5.38. The Hall–Kier alpha value is -3.14. The summed E-state index contributed by atoms with van der Waals surface area (Å²) in [6, 6.07) is 24.1. The molecule has 0 saturated carbocycles. The molecule has 0 radical (unpaired) electrons. The van der Waals surface area contributed by atoms with E-state index in [1.165, 1.54) is 0 Å². The minimum Gasteiger partial charge on any atom is -0.383 e. The number of nitriles is 1. The van der Waals surface area contributed by atoms with Crippen LogP contribution in [-0.2, 0) is 23.0 Å². The van der Waals surface area contributed by atoms with Crippen LogP contribution in [-0.4, -0.2) is 25.3 Å². The first kappa shape index (κ1) is 20.1. The molecule has 3 aromatic carbocycles. The zero-order chi connectivity index (χ0) is 21.1. The predicted octanol–water partition coefficient (Wildman–Crippen LogP) is 4.09. The lowest BCUT2D eigenvalue weighted by molar-refractivity contribution is 0.326. The normalized spacial score (nSPS) is 16.7. The SMILES string of the molecule is Cc1ccc(S(=O)(=O)N2Cc3cc(C#N)ccc3NC[C@H]2Cc2ccccc2)cc1. The van der Waals surface area contributed by atoms with Gasteiger partial charge in [-0.25, -0.2) is 8.42 Å². The number of fused-ring (bicyclic) bond motifs is 1. The number of benzene rings is 3. The molecule has 5 nitrogen and oxygen atoms in total. The largest absolute Gasteiger partial charge is 0.383 e. The molecule has 0 unspecified atom stereocenters. The van der Waals surface area contributed by atoms with Gasteiger partial charge >= 0.3 is 0 Å². The van der Waals surface area contributed by atoms with E-state index < -0.39 is 10.0 Å². The quantitative estimate of drug-likeness (QED) is 0.694. The summed E-state index contributed by atoms with van der Waals surface area (Å²) >= 11 is 0. The van der Waals surface area contributed by atoms with Gasteiger partial charge in [-0.2, -0.15) is 9.57 Å². The third-order valence-corrected chi connectivity index (χ3v) is 7.35. The minimum atomic E-state index is -3.72. The standard InChI is InChI=1S/C24H23N3O2S/c1-18-7-10-23(11-8-18)30(28,29)27-17-21-13-20(15-25)9-12-24(21)26-16-22(27)14-19-5-3-2-4-6-19/h2-13,22,26H,14,16-17H2,1H3/t22-/m1/s1. The van der Waals surface area contributed by atoms with Gasteiger partial charge in [0.2, 0.25) is 10.0 Å². The van der Waals surface area contributed by atoms with Crippen molar-refractivity contribution < 1.29 is 8.42 Å². The van der Waals surface area contributed by atoms with Crippen LogP contribution < -0.4 is 5.32 Å². The molecule has 4 rings (SSSR count). The van der Waals surface area contributed by atoms with Gasteiger partial charge < -0.3 is 5.32 Å². The second-order valence-corrected chi connectivity index (χ2v) is 9.46. The molecular weight excluding hydrogens is 394 g/mol. The van der Waals surface area contributed by atoms with Crippen LogP contribution >= 0.6 is 0 Å². The maximum absolute atomic E-state index is 13.6. The van der Waals surface area contributed by atoms with E-state index in [0.717, 1.165) is 22.4 Å². The average Bonchev–Trinajstić information content (AvgIpc) is 2.94. The van der Waals surface area contributed by atoms with Crippen molar-refractivity contribution in [2.75, 3.05) is 11.9 Å². The molecule has 1 heterocycles. The third kappa shape index (κ3) is 4.09. The van der Waals surface area contributed by atoms with Crippen molar-refractivity contribution in [3.05, 3.63) is 95.1 Å². The van der Waals surface area contributed by atoms with Crippen LogP contribution in [0.15, 0.2) is 77.7 Å². The van der Waals surface area contributed by atoms with Gasteiger partial charge in [0, 0.05) is 24.8 Å². The van der Waals surface area contributed by atoms with Crippen molar-refractivity contribution in [2.45, 2.75) is 30.8 Å². The molecule has 0 spiro atoms. The molecule has 0 fully saturated rings. The zero-order valence-electron chi connectivity index (χ0n) is 16.7. The molecule has 0 aromatic heterocycles. The van der Waals surface area contributed by atoms with Crippen LogP contribution in [0.5, 0.6) is 0 Å². The van der Waals surface area contributed by atoms with Gasteiger partial charge in [0.25, 0.3) is 0 Å². The summed E-state index contributed by atoms with van der Waals surface area (Å²) in [7, 11) is -3.72. The zero-order valence-corrected chi connectivity index (χ0v) is 17.6. The molecule has 0 bridgehead atoms. The molecule has 152 valence electrons. The van der Waals surface area contributed by atoms with Crippen molar-refractivity contribution in [1.82, 2.24) is 4.31 Å². The number of sulfonamides is 1. The highest BCUT2D eigenvalue weighted by atomic mass is 32.2. The summed E-state index contributed by atoms with van der Waals surface area (Å²) in [5.74, 6) is 0. The van der Waals surface area contributed by atoms with E-state index >= 15 is 0 Å². The Morgan fingerprint density at radius 2 is 1.80 bits per heavy atom. The van der Waals surface area contributed by atoms with E-state index in [0.29, 0.717) is 18.5 Å². The number of hydrogen-bond acceptors (Lipinski definition) is 4. The highest BCUT2D eigenvalue weighted by Gasteiger charge is 2.34.